The quantitative estimate of drug-likeness (QED) is 0.187. The van der Waals surface area contributed by atoms with E-state index in [1.54, 1.807) is 0 Å². The van der Waals surface area contributed by atoms with Gasteiger partial charge < -0.3 is 9.13 Å². The van der Waals surface area contributed by atoms with Crippen molar-refractivity contribution < 1.29 is 0 Å². The van der Waals surface area contributed by atoms with Crippen LogP contribution in [0.2, 0.25) is 0 Å². The summed E-state index contributed by atoms with van der Waals surface area (Å²) < 4.78 is 4.74. The number of hydrogen-bond acceptors (Lipinski definition) is 1. The number of nitrogens with zero attached hydrogens (tertiary/aromatic N) is 3. The molecule has 0 saturated heterocycles. The fourth-order valence-electron chi connectivity index (χ4n) is 6.90. The van der Waals surface area contributed by atoms with E-state index in [9.17, 15) is 0 Å². The summed E-state index contributed by atoms with van der Waals surface area (Å²) in [6.45, 7) is 6.22. The molecule has 0 fully saturated rings. The number of aliphatic imine (C=N–C) groups is 1. The highest BCUT2D eigenvalue weighted by Crippen LogP contribution is 2.37. The topological polar surface area (TPSA) is 22.2 Å². The van der Waals surface area contributed by atoms with Crippen molar-refractivity contribution in [3.63, 3.8) is 0 Å². The third-order valence-electron chi connectivity index (χ3n) is 8.91. The Kier molecular flexibility index (Phi) is 6.65. The Hall–Kier alpha value is -5.67. The molecule has 3 nitrogen and oxygen atoms in total. The van der Waals surface area contributed by atoms with E-state index in [0.29, 0.717) is 0 Å². The molecule has 3 heteroatoms. The van der Waals surface area contributed by atoms with Crippen LogP contribution >= 0.6 is 0 Å². The van der Waals surface area contributed by atoms with Crippen LogP contribution in [-0.4, -0.2) is 14.8 Å². The minimum absolute atomic E-state index is 0.982. The zero-order chi connectivity index (χ0) is 30.3. The van der Waals surface area contributed by atoms with Crippen LogP contribution in [0, 0.1) is 0 Å². The lowest BCUT2D eigenvalue weighted by molar-refractivity contribution is 1.06. The number of rotatable bonds is 6. The van der Waals surface area contributed by atoms with E-state index < -0.39 is 0 Å². The predicted octanol–water partition coefficient (Wildman–Crippen LogP) is 11.2. The molecule has 3 heterocycles. The van der Waals surface area contributed by atoms with Gasteiger partial charge in [-0.3, -0.25) is 4.99 Å². The summed E-state index contributed by atoms with van der Waals surface area (Å²) in [6.07, 6.45) is 12.3. The number of benzene rings is 5. The molecule has 5 aromatic carbocycles. The van der Waals surface area contributed by atoms with Crippen molar-refractivity contribution in [2.24, 2.45) is 4.99 Å². The maximum Gasteiger partial charge on any atom is 0.0541 e. The van der Waals surface area contributed by atoms with Gasteiger partial charge in [-0.25, -0.2) is 0 Å². The average Bonchev–Trinajstić information content (AvgIpc) is 3.61. The Morgan fingerprint density at radius 1 is 0.644 bits per heavy atom. The van der Waals surface area contributed by atoms with E-state index >= 15 is 0 Å². The molecular weight excluding hydrogens is 546 g/mol. The molecular formula is C42H33N3. The third kappa shape index (κ3) is 4.47. The van der Waals surface area contributed by atoms with E-state index in [0.717, 1.165) is 41.2 Å². The van der Waals surface area contributed by atoms with Crippen molar-refractivity contribution in [1.82, 2.24) is 9.13 Å². The van der Waals surface area contributed by atoms with Crippen LogP contribution in [0.25, 0.3) is 67.4 Å². The summed E-state index contributed by atoms with van der Waals surface area (Å²) in [4.78, 5) is 4.65. The lowest BCUT2D eigenvalue weighted by Crippen LogP contribution is -2.02. The number of aromatic nitrogens is 2. The van der Waals surface area contributed by atoms with E-state index in [2.05, 4.69) is 161 Å². The Morgan fingerprint density at radius 3 is 2.11 bits per heavy atom. The Balaban J connectivity index is 1.30. The van der Waals surface area contributed by atoms with Gasteiger partial charge in [-0.05, 0) is 91.1 Å². The van der Waals surface area contributed by atoms with Gasteiger partial charge in [-0.15, -0.1) is 0 Å². The predicted molar refractivity (Wildman–Crippen MR) is 193 cm³/mol. The molecule has 45 heavy (non-hydrogen) atoms. The van der Waals surface area contributed by atoms with Crippen molar-refractivity contribution in [2.45, 2.75) is 19.8 Å². The first-order valence-corrected chi connectivity index (χ1v) is 15.6. The SMILES string of the molecule is C=Cc1c(/C=C\C)n(-c2cccc(-n3c4ccccc4c4cc(-c5cccc(C6=NC=CCC6)c5)ccc43)c2)c2ccccc12. The van der Waals surface area contributed by atoms with Crippen molar-refractivity contribution in [3.05, 3.63) is 157 Å². The monoisotopic (exact) mass is 579 g/mol. The molecule has 0 radical (unpaired) electrons. The van der Waals surface area contributed by atoms with Gasteiger partial charge in [0.25, 0.3) is 0 Å². The van der Waals surface area contributed by atoms with Gasteiger partial charge in [-0.2, -0.15) is 0 Å². The second-order valence-corrected chi connectivity index (χ2v) is 11.5. The number of fused-ring (bicyclic) bond motifs is 4. The maximum absolute atomic E-state index is 4.65. The molecule has 8 rings (SSSR count). The fraction of sp³-hybridized carbons (Fsp3) is 0.0714. The van der Waals surface area contributed by atoms with Crippen molar-refractivity contribution in [3.8, 4) is 22.5 Å². The molecule has 2 aromatic heterocycles. The highest BCUT2D eigenvalue weighted by Gasteiger charge is 2.17. The Morgan fingerprint density at radius 2 is 1.33 bits per heavy atom. The summed E-state index contributed by atoms with van der Waals surface area (Å²) in [7, 11) is 0. The lowest BCUT2D eigenvalue weighted by atomic mass is 9.97. The van der Waals surface area contributed by atoms with Gasteiger partial charge in [0.2, 0.25) is 0 Å². The minimum Gasteiger partial charge on any atom is -0.309 e. The van der Waals surface area contributed by atoms with Crippen LogP contribution in [0.1, 0.15) is 36.6 Å². The molecule has 0 bridgehead atoms. The molecule has 0 unspecified atom stereocenters. The number of allylic oxidation sites excluding steroid dienone is 2. The summed E-state index contributed by atoms with van der Waals surface area (Å²) in [5.41, 5.74) is 12.8. The fourth-order valence-corrected chi connectivity index (χ4v) is 6.90. The second kappa shape index (κ2) is 11.1. The first-order chi connectivity index (χ1) is 22.2. The molecule has 0 atom stereocenters. The van der Waals surface area contributed by atoms with Crippen LogP contribution < -0.4 is 0 Å². The van der Waals surface area contributed by atoms with Gasteiger partial charge in [0.1, 0.15) is 0 Å². The molecule has 7 aromatic rings. The highest BCUT2D eigenvalue weighted by atomic mass is 15.0. The van der Waals surface area contributed by atoms with Crippen LogP contribution in [0.4, 0.5) is 0 Å². The molecule has 0 saturated carbocycles. The van der Waals surface area contributed by atoms with Crippen LogP contribution in [0.3, 0.4) is 0 Å². The highest BCUT2D eigenvalue weighted by molar-refractivity contribution is 6.11. The summed E-state index contributed by atoms with van der Waals surface area (Å²) in [5.74, 6) is 0. The number of para-hydroxylation sites is 2. The van der Waals surface area contributed by atoms with Gasteiger partial charge in [-0.1, -0.05) is 91.5 Å². The van der Waals surface area contributed by atoms with Crippen molar-refractivity contribution >= 4 is 50.6 Å². The lowest BCUT2D eigenvalue weighted by Gasteiger charge is -2.14. The van der Waals surface area contributed by atoms with E-state index in [1.165, 1.54) is 49.4 Å². The summed E-state index contributed by atoms with van der Waals surface area (Å²) in [6, 6.07) is 41.9. The second-order valence-electron chi connectivity index (χ2n) is 11.5. The van der Waals surface area contributed by atoms with Crippen molar-refractivity contribution in [2.75, 3.05) is 0 Å². The Bertz CT molecular complexity index is 2360. The summed E-state index contributed by atoms with van der Waals surface area (Å²) >= 11 is 0. The normalized spacial score (nSPS) is 13.3. The zero-order valence-electron chi connectivity index (χ0n) is 25.3. The summed E-state index contributed by atoms with van der Waals surface area (Å²) in [5, 5.41) is 3.69. The zero-order valence-corrected chi connectivity index (χ0v) is 25.3. The van der Waals surface area contributed by atoms with Gasteiger partial charge >= 0.3 is 0 Å². The maximum atomic E-state index is 4.65. The molecule has 1 aliphatic heterocycles. The van der Waals surface area contributed by atoms with E-state index in [4.69, 9.17) is 0 Å². The molecule has 0 aliphatic carbocycles. The minimum atomic E-state index is 0.982. The van der Waals surface area contributed by atoms with Crippen molar-refractivity contribution in [1.29, 1.82) is 0 Å². The van der Waals surface area contributed by atoms with E-state index in [1.807, 2.05) is 12.3 Å². The van der Waals surface area contributed by atoms with E-state index in [-0.39, 0.29) is 0 Å². The first-order valence-electron chi connectivity index (χ1n) is 15.6. The molecule has 0 N–H and O–H groups in total. The molecule has 0 spiro atoms. The average molecular weight is 580 g/mol. The Labute approximate surface area is 263 Å². The standard InChI is InChI=1S/C42H33N3/c1-3-13-39-34(4-2)35-18-5-7-21-40(35)44(39)32-16-12-17-33(28-32)45-41-22-8-6-19-36(41)37-27-30(23-24-42(37)45)29-14-11-15-31(26-29)38-20-9-10-25-43-38/h3-8,10-19,21-28H,2,9,20H2,1H3/b13-3-. The first kappa shape index (κ1) is 26.9. The largest absolute Gasteiger partial charge is 0.309 e. The third-order valence-corrected chi connectivity index (χ3v) is 8.91. The van der Waals surface area contributed by atoms with Gasteiger partial charge in [0.05, 0.1) is 22.2 Å². The molecule has 0 amide bonds. The van der Waals surface area contributed by atoms with Crippen LogP contribution in [0.5, 0.6) is 0 Å². The van der Waals surface area contributed by atoms with Crippen LogP contribution in [0.15, 0.2) is 145 Å². The van der Waals surface area contributed by atoms with Gasteiger partial charge in [0, 0.05) is 45.0 Å². The molecule has 1 aliphatic rings. The molecule has 216 valence electrons. The van der Waals surface area contributed by atoms with Crippen LogP contribution in [-0.2, 0) is 0 Å². The smallest absolute Gasteiger partial charge is 0.0541 e. The number of hydrogen-bond donors (Lipinski definition) is 0. The van der Waals surface area contributed by atoms with Gasteiger partial charge in [0.15, 0.2) is 0 Å².